The molecule has 1 aliphatic heterocycles. The minimum atomic E-state index is -0.110. The normalized spacial score (nSPS) is 13.6. The molecular formula is C25H30N4O3. The third kappa shape index (κ3) is 4.61. The number of nitrogens with zero attached hydrogens (tertiary/aromatic N) is 3. The van der Waals surface area contributed by atoms with E-state index in [1.807, 2.05) is 60.4 Å². The second-order valence-electron chi connectivity index (χ2n) is 8.30. The van der Waals surface area contributed by atoms with Crippen LogP contribution in [-0.2, 0) is 24.4 Å². The van der Waals surface area contributed by atoms with Crippen molar-refractivity contribution in [3.8, 4) is 0 Å². The van der Waals surface area contributed by atoms with Crippen molar-refractivity contribution < 1.29 is 9.59 Å². The molecule has 7 nitrogen and oxygen atoms in total. The topological polar surface area (TPSA) is 76.3 Å². The molecule has 0 aliphatic carbocycles. The molecule has 32 heavy (non-hydrogen) atoms. The van der Waals surface area contributed by atoms with Gasteiger partial charge in [-0.2, -0.15) is 0 Å². The second-order valence-corrected chi connectivity index (χ2v) is 8.30. The number of hydrogen-bond donors (Lipinski definition) is 1. The Kier molecular flexibility index (Phi) is 6.73. The molecule has 2 amide bonds. The first-order chi connectivity index (χ1) is 15.6. The van der Waals surface area contributed by atoms with E-state index in [9.17, 15) is 14.4 Å². The third-order valence-corrected chi connectivity index (χ3v) is 6.02. The molecule has 1 fully saturated rings. The van der Waals surface area contributed by atoms with Crippen LogP contribution in [0.4, 0.5) is 0 Å². The Labute approximate surface area is 187 Å². The Morgan fingerprint density at radius 2 is 1.53 bits per heavy atom. The number of aromatic nitrogens is 2. The van der Waals surface area contributed by atoms with Gasteiger partial charge in [0.25, 0.3) is 5.91 Å². The Morgan fingerprint density at radius 3 is 2.16 bits per heavy atom. The Balaban J connectivity index is 1.33. The minimum Gasteiger partial charge on any atom is -0.352 e. The fourth-order valence-corrected chi connectivity index (χ4v) is 4.30. The van der Waals surface area contributed by atoms with Crippen LogP contribution in [0.1, 0.15) is 48.5 Å². The van der Waals surface area contributed by atoms with Gasteiger partial charge in [-0.3, -0.25) is 18.7 Å². The number of fused-ring (bicyclic) bond motifs is 1. The van der Waals surface area contributed by atoms with Gasteiger partial charge in [0.05, 0.1) is 11.0 Å². The van der Waals surface area contributed by atoms with Gasteiger partial charge >= 0.3 is 5.69 Å². The van der Waals surface area contributed by atoms with Crippen molar-refractivity contribution in [2.45, 2.75) is 52.2 Å². The first kappa shape index (κ1) is 21.9. The van der Waals surface area contributed by atoms with Crippen LogP contribution < -0.4 is 11.0 Å². The summed E-state index contributed by atoms with van der Waals surface area (Å²) in [5.74, 6) is -0.0350. The summed E-state index contributed by atoms with van der Waals surface area (Å²) in [7, 11) is 0. The average molecular weight is 435 g/mol. The van der Waals surface area contributed by atoms with Crippen LogP contribution in [0.25, 0.3) is 11.0 Å². The van der Waals surface area contributed by atoms with Crippen LogP contribution in [0.15, 0.2) is 53.3 Å². The standard InChI is InChI=1S/C25H30N4O3/c1-2-14-28-21-7-3-4-8-22(21)29(25(28)32)17-13-23(30)26-18-19-9-11-20(12-10-19)24(31)27-15-5-6-16-27/h3-4,7-12H,2,5-6,13-18H2,1H3,(H,26,30). The van der Waals surface area contributed by atoms with Gasteiger partial charge in [-0.25, -0.2) is 4.79 Å². The van der Waals surface area contributed by atoms with E-state index in [-0.39, 0.29) is 23.9 Å². The molecule has 0 bridgehead atoms. The van der Waals surface area contributed by atoms with Crippen molar-refractivity contribution in [1.29, 1.82) is 0 Å². The molecule has 0 radical (unpaired) electrons. The van der Waals surface area contributed by atoms with Gasteiger partial charge in [0, 0.05) is 44.7 Å². The van der Waals surface area contributed by atoms with E-state index in [1.165, 1.54) is 0 Å². The van der Waals surface area contributed by atoms with Crippen molar-refractivity contribution >= 4 is 22.8 Å². The largest absolute Gasteiger partial charge is 0.352 e. The number of aryl methyl sites for hydroxylation is 2. The number of imidazole rings is 1. The first-order valence-corrected chi connectivity index (χ1v) is 11.4. The van der Waals surface area contributed by atoms with E-state index in [4.69, 9.17) is 0 Å². The van der Waals surface area contributed by atoms with Crippen LogP contribution in [0.2, 0.25) is 0 Å². The second kappa shape index (κ2) is 9.85. The molecule has 0 unspecified atom stereocenters. The summed E-state index contributed by atoms with van der Waals surface area (Å²) in [6, 6.07) is 15.1. The molecule has 0 atom stereocenters. The summed E-state index contributed by atoms with van der Waals surface area (Å²) in [6.07, 6.45) is 3.24. The predicted molar refractivity (Wildman–Crippen MR) is 125 cm³/mol. The number of carbonyl (C=O) groups is 2. The maximum atomic E-state index is 12.8. The lowest BCUT2D eigenvalue weighted by Gasteiger charge is -2.15. The average Bonchev–Trinajstić information content (AvgIpc) is 3.44. The smallest absolute Gasteiger partial charge is 0.329 e. The van der Waals surface area contributed by atoms with Gasteiger partial charge in [0.2, 0.25) is 5.91 Å². The highest BCUT2D eigenvalue weighted by Crippen LogP contribution is 2.15. The first-order valence-electron chi connectivity index (χ1n) is 11.4. The lowest BCUT2D eigenvalue weighted by Crippen LogP contribution is -2.28. The monoisotopic (exact) mass is 434 g/mol. The summed E-state index contributed by atoms with van der Waals surface area (Å²) in [4.78, 5) is 39.6. The fourth-order valence-electron chi connectivity index (χ4n) is 4.30. The number of para-hydroxylation sites is 2. The van der Waals surface area contributed by atoms with Crippen molar-refractivity contribution in [3.05, 3.63) is 70.1 Å². The zero-order valence-corrected chi connectivity index (χ0v) is 18.5. The lowest BCUT2D eigenvalue weighted by molar-refractivity contribution is -0.121. The summed E-state index contributed by atoms with van der Waals surface area (Å²) in [5.41, 5.74) is 3.32. The summed E-state index contributed by atoms with van der Waals surface area (Å²) in [6.45, 7) is 5.10. The highest BCUT2D eigenvalue weighted by atomic mass is 16.2. The van der Waals surface area contributed by atoms with E-state index in [2.05, 4.69) is 5.32 Å². The molecule has 2 aromatic carbocycles. The van der Waals surface area contributed by atoms with Gasteiger partial charge in [-0.15, -0.1) is 0 Å². The molecule has 1 N–H and O–H groups in total. The molecule has 7 heteroatoms. The number of nitrogens with one attached hydrogen (secondary N) is 1. The molecular weight excluding hydrogens is 404 g/mol. The molecule has 0 spiro atoms. The van der Waals surface area contributed by atoms with Crippen LogP contribution >= 0.6 is 0 Å². The molecule has 1 aliphatic rings. The highest BCUT2D eigenvalue weighted by molar-refractivity contribution is 5.94. The lowest BCUT2D eigenvalue weighted by atomic mass is 10.1. The molecule has 3 aromatic rings. The Hall–Kier alpha value is -3.35. The van der Waals surface area contributed by atoms with E-state index >= 15 is 0 Å². The van der Waals surface area contributed by atoms with Crippen LogP contribution in [0.3, 0.4) is 0 Å². The highest BCUT2D eigenvalue weighted by Gasteiger charge is 2.19. The fraction of sp³-hybridized carbons (Fsp3) is 0.400. The maximum Gasteiger partial charge on any atom is 0.329 e. The number of rotatable bonds is 8. The molecule has 168 valence electrons. The molecule has 1 aromatic heterocycles. The van der Waals surface area contributed by atoms with Crippen molar-refractivity contribution in [3.63, 3.8) is 0 Å². The van der Waals surface area contributed by atoms with Crippen molar-refractivity contribution in [1.82, 2.24) is 19.4 Å². The SMILES string of the molecule is CCCn1c(=O)n(CCC(=O)NCc2ccc(C(=O)N3CCCC3)cc2)c2ccccc21. The van der Waals surface area contributed by atoms with E-state index < -0.39 is 0 Å². The van der Waals surface area contributed by atoms with Crippen molar-refractivity contribution in [2.75, 3.05) is 13.1 Å². The zero-order valence-electron chi connectivity index (χ0n) is 18.5. The number of benzene rings is 2. The van der Waals surface area contributed by atoms with Gasteiger partial charge < -0.3 is 10.2 Å². The van der Waals surface area contributed by atoms with Gasteiger partial charge in [0.1, 0.15) is 0 Å². The predicted octanol–water partition coefficient (Wildman–Crippen LogP) is 3.16. The number of carbonyl (C=O) groups excluding carboxylic acids is 2. The zero-order chi connectivity index (χ0) is 22.5. The van der Waals surface area contributed by atoms with Crippen LogP contribution in [0.5, 0.6) is 0 Å². The Bertz CT molecular complexity index is 1150. The summed E-state index contributed by atoms with van der Waals surface area (Å²) >= 11 is 0. The van der Waals surface area contributed by atoms with Gasteiger partial charge in [-0.1, -0.05) is 31.2 Å². The van der Waals surface area contributed by atoms with Crippen LogP contribution in [0, 0.1) is 0 Å². The minimum absolute atomic E-state index is 0.0703. The van der Waals surface area contributed by atoms with Crippen LogP contribution in [-0.4, -0.2) is 38.9 Å². The number of amides is 2. The maximum absolute atomic E-state index is 12.8. The summed E-state index contributed by atoms with van der Waals surface area (Å²) in [5, 5.41) is 2.92. The van der Waals surface area contributed by atoms with E-state index in [0.29, 0.717) is 25.2 Å². The molecule has 2 heterocycles. The van der Waals surface area contributed by atoms with E-state index in [1.54, 1.807) is 9.13 Å². The summed E-state index contributed by atoms with van der Waals surface area (Å²) < 4.78 is 3.46. The van der Waals surface area contributed by atoms with Gasteiger partial charge in [-0.05, 0) is 49.1 Å². The number of hydrogen-bond acceptors (Lipinski definition) is 3. The van der Waals surface area contributed by atoms with Crippen molar-refractivity contribution in [2.24, 2.45) is 0 Å². The third-order valence-electron chi connectivity index (χ3n) is 6.02. The number of likely N-dealkylation sites (tertiary alicyclic amines) is 1. The van der Waals surface area contributed by atoms with E-state index in [0.717, 1.165) is 48.9 Å². The molecule has 0 saturated carbocycles. The Morgan fingerprint density at radius 1 is 0.906 bits per heavy atom. The quantitative estimate of drug-likeness (QED) is 0.592. The van der Waals surface area contributed by atoms with Gasteiger partial charge in [0.15, 0.2) is 0 Å². The molecule has 4 rings (SSSR count). The molecule has 1 saturated heterocycles.